The summed E-state index contributed by atoms with van der Waals surface area (Å²) in [5.74, 6) is -3.33. The molecule has 6 N–H and O–H groups in total. The lowest BCUT2D eigenvalue weighted by Crippen LogP contribution is -2.53. The molecule has 0 bridgehead atoms. The molecule has 2 aromatic rings. The lowest BCUT2D eigenvalue weighted by Gasteiger charge is -2.23. The summed E-state index contributed by atoms with van der Waals surface area (Å²) in [6.45, 7) is 0.204. The Morgan fingerprint density at radius 2 is 1.85 bits per heavy atom. The number of amides is 3. The van der Waals surface area contributed by atoms with Crippen LogP contribution in [0.25, 0.3) is 0 Å². The van der Waals surface area contributed by atoms with Crippen LogP contribution >= 0.6 is 7.82 Å². The average Bonchev–Trinajstić information content (AvgIpc) is 3.43. The Bertz CT molecular complexity index is 1620. The maximum atomic E-state index is 13.3. The molecule has 3 rings (SSSR count). The third-order valence-corrected chi connectivity index (χ3v) is 7.53. The molecule has 1 aromatic heterocycles. The average molecular weight is 698 g/mol. The van der Waals surface area contributed by atoms with E-state index in [9.17, 15) is 38.1 Å². The minimum absolute atomic E-state index is 0.0491. The van der Waals surface area contributed by atoms with E-state index in [1.165, 1.54) is 13.1 Å². The number of hydrogen-bond donors (Lipinski definition) is 6. The Labute approximate surface area is 272 Å². The van der Waals surface area contributed by atoms with Gasteiger partial charge in [0.05, 0.1) is 20.3 Å². The summed E-state index contributed by atoms with van der Waals surface area (Å²) in [4.78, 5) is 106. The minimum atomic E-state index is -4.98. The van der Waals surface area contributed by atoms with Crippen LogP contribution in [0.5, 0.6) is 0 Å². The monoisotopic (exact) mass is 697 g/mol. The number of carbonyl (C=O) groups is 5. The zero-order chi connectivity index (χ0) is 35.4. The Hall–Kier alpha value is -4.68. The smallest absolute Gasteiger partial charge is 0.467 e. The highest BCUT2D eigenvalue weighted by atomic mass is 31.2. The first-order valence-electron chi connectivity index (χ1n) is 14.5. The summed E-state index contributed by atoms with van der Waals surface area (Å²) in [6.07, 6.45) is -3.11. The molecule has 1 aliphatic rings. The van der Waals surface area contributed by atoms with Crippen molar-refractivity contribution in [2.24, 2.45) is 0 Å². The van der Waals surface area contributed by atoms with Crippen molar-refractivity contribution in [2.75, 3.05) is 20.3 Å². The lowest BCUT2D eigenvalue weighted by atomic mass is 10.0. The second-order valence-corrected chi connectivity index (χ2v) is 11.8. The van der Waals surface area contributed by atoms with E-state index in [1.54, 1.807) is 30.3 Å². The van der Waals surface area contributed by atoms with Gasteiger partial charge in [0.25, 0.3) is 5.56 Å². The molecule has 1 saturated heterocycles. The number of nitrogens with one attached hydrogen (secondary N) is 4. The van der Waals surface area contributed by atoms with Gasteiger partial charge in [-0.25, -0.2) is 14.2 Å². The number of aryl methyl sites for hydroxylation is 1. The van der Waals surface area contributed by atoms with Crippen molar-refractivity contribution in [2.45, 2.75) is 63.1 Å². The number of benzene rings is 1. The van der Waals surface area contributed by atoms with Crippen LogP contribution in [0, 0.1) is 6.92 Å². The Balaban J connectivity index is 1.74. The molecule has 1 aliphatic heterocycles. The summed E-state index contributed by atoms with van der Waals surface area (Å²) < 4.78 is 32.9. The van der Waals surface area contributed by atoms with Crippen molar-refractivity contribution in [3.8, 4) is 0 Å². The molecule has 5 atom stereocenters. The highest BCUT2D eigenvalue weighted by Gasteiger charge is 2.41. The molecule has 0 aliphatic carbocycles. The predicted octanol–water partition coefficient (Wildman–Crippen LogP) is -1.93. The number of methoxy groups -OCH3 is 1. The van der Waals surface area contributed by atoms with Crippen LogP contribution < -0.4 is 27.2 Å². The van der Waals surface area contributed by atoms with Crippen LogP contribution in [0.3, 0.4) is 0 Å². The Morgan fingerprint density at radius 1 is 1.15 bits per heavy atom. The molecule has 1 aromatic carbocycles. The topological polar surface area (TPSA) is 271 Å². The van der Waals surface area contributed by atoms with Gasteiger partial charge in [0.15, 0.2) is 0 Å². The van der Waals surface area contributed by atoms with Crippen molar-refractivity contribution in [1.82, 2.24) is 25.5 Å². The van der Waals surface area contributed by atoms with Gasteiger partial charge in [-0.05, 0) is 18.9 Å². The molecule has 1 fully saturated rings. The highest BCUT2D eigenvalue weighted by Crippen LogP contribution is 2.38. The molecular formula is C28H36N5O14P. The largest absolute Gasteiger partial charge is 0.469 e. The molecule has 0 spiro atoms. The summed E-state index contributed by atoms with van der Waals surface area (Å²) in [5, 5.41) is 7.04. The number of aromatic amines is 1. The quantitative estimate of drug-likeness (QED) is 0.0597. The highest BCUT2D eigenvalue weighted by molar-refractivity contribution is 7.46. The van der Waals surface area contributed by atoms with Gasteiger partial charge >= 0.3 is 25.5 Å². The van der Waals surface area contributed by atoms with E-state index >= 15 is 0 Å². The molecule has 0 unspecified atom stereocenters. The summed E-state index contributed by atoms with van der Waals surface area (Å²) in [6, 6.07) is 6.14. The van der Waals surface area contributed by atoms with E-state index in [-0.39, 0.29) is 31.2 Å². The number of esters is 2. The van der Waals surface area contributed by atoms with E-state index in [4.69, 9.17) is 24.0 Å². The summed E-state index contributed by atoms with van der Waals surface area (Å²) in [5.41, 5.74) is -0.622. The van der Waals surface area contributed by atoms with Crippen molar-refractivity contribution in [3.05, 3.63) is 68.5 Å². The normalized spacial score (nSPS) is 18.6. The number of phosphoric acid groups is 1. The molecule has 48 heavy (non-hydrogen) atoms. The standard InChI is InChI=1S/C28H36N5O14P/c1-16-13-33(28(40)32-25(16)37)23-11-20(21(46-23)14-45-48(41,42)43)47-24(36)9-8-18(30-22(35)12-29-15-34)26(38)31-19(27(39)44-2)10-17-6-4-3-5-7-17/h3-7,13,15,18-21,23H,8-12,14H2,1-2H3,(H,29,34)(H,30,35)(H,31,38)(H,32,37,40)(H2,41,42,43)/t18-,19-,20-,21+,23+/m0/s1. The van der Waals surface area contributed by atoms with Gasteiger partial charge in [-0.1, -0.05) is 30.3 Å². The molecule has 20 heteroatoms. The van der Waals surface area contributed by atoms with Gasteiger partial charge in [0.1, 0.15) is 30.5 Å². The fourth-order valence-electron chi connectivity index (χ4n) is 4.71. The molecule has 0 saturated carbocycles. The van der Waals surface area contributed by atoms with Gasteiger partial charge in [-0.2, -0.15) is 0 Å². The second-order valence-electron chi connectivity index (χ2n) is 10.6. The molecular weight excluding hydrogens is 661 g/mol. The molecule has 19 nitrogen and oxygen atoms in total. The van der Waals surface area contributed by atoms with Crippen molar-refractivity contribution >= 4 is 38.0 Å². The maximum Gasteiger partial charge on any atom is 0.469 e. The fraction of sp³-hybridized carbons (Fsp3) is 0.464. The zero-order valence-corrected chi connectivity index (χ0v) is 26.8. The third kappa shape index (κ3) is 11.5. The zero-order valence-electron chi connectivity index (χ0n) is 25.9. The third-order valence-electron chi connectivity index (χ3n) is 7.05. The lowest BCUT2D eigenvalue weighted by molar-refractivity contribution is -0.153. The Morgan fingerprint density at radius 3 is 2.50 bits per heavy atom. The van der Waals surface area contributed by atoms with Crippen LogP contribution in [0.2, 0.25) is 0 Å². The first kappa shape index (κ1) is 37.8. The van der Waals surface area contributed by atoms with Crippen LogP contribution in [-0.4, -0.2) is 94.1 Å². The van der Waals surface area contributed by atoms with E-state index in [2.05, 4.69) is 25.5 Å². The number of H-pyrrole nitrogens is 1. The molecule has 3 amide bonds. The number of ether oxygens (including phenoxy) is 3. The van der Waals surface area contributed by atoms with E-state index in [1.807, 2.05) is 0 Å². The van der Waals surface area contributed by atoms with Gasteiger partial charge in [-0.15, -0.1) is 0 Å². The van der Waals surface area contributed by atoms with E-state index in [0.717, 1.165) is 11.7 Å². The van der Waals surface area contributed by atoms with Crippen LogP contribution in [0.1, 0.15) is 36.6 Å². The number of phosphoric ester groups is 1. The summed E-state index contributed by atoms with van der Waals surface area (Å²) in [7, 11) is -3.84. The predicted molar refractivity (Wildman–Crippen MR) is 162 cm³/mol. The molecule has 2 heterocycles. The van der Waals surface area contributed by atoms with Gasteiger partial charge in [0.2, 0.25) is 18.2 Å². The van der Waals surface area contributed by atoms with Gasteiger partial charge < -0.3 is 39.9 Å². The van der Waals surface area contributed by atoms with Crippen LogP contribution in [-0.2, 0) is 53.7 Å². The van der Waals surface area contributed by atoms with E-state index in [0.29, 0.717) is 5.56 Å². The first-order chi connectivity index (χ1) is 22.7. The first-order valence-corrected chi connectivity index (χ1v) is 16.0. The Kier molecular flexibility index (Phi) is 13.7. The number of aromatic nitrogens is 2. The summed E-state index contributed by atoms with van der Waals surface area (Å²) >= 11 is 0. The number of hydrogen-bond acceptors (Lipinski definition) is 12. The number of nitrogens with zero attached hydrogens (tertiary/aromatic N) is 1. The van der Waals surface area contributed by atoms with Crippen LogP contribution in [0.4, 0.5) is 0 Å². The maximum absolute atomic E-state index is 13.3. The van der Waals surface area contributed by atoms with Gasteiger partial charge in [0, 0.05) is 31.0 Å². The number of carbonyl (C=O) groups excluding carboxylic acids is 5. The second kappa shape index (κ2) is 17.5. The van der Waals surface area contributed by atoms with Crippen molar-refractivity contribution in [1.29, 1.82) is 0 Å². The van der Waals surface area contributed by atoms with Crippen molar-refractivity contribution in [3.63, 3.8) is 0 Å². The van der Waals surface area contributed by atoms with Gasteiger partial charge in [-0.3, -0.25) is 38.0 Å². The SMILES string of the molecule is COC(=O)[C@H](Cc1ccccc1)NC(=O)[C@H](CCC(=O)O[C@H]1C[C@H](n2cc(C)c(=O)[nH]c2=O)O[C@@H]1COP(=O)(O)O)NC(=O)CNC=O. The van der Waals surface area contributed by atoms with E-state index < -0.39 is 92.9 Å². The molecule has 0 radical (unpaired) electrons. The number of rotatable bonds is 17. The van der Waals surface area contributed by atoms with Crippen LogP contribution in [0.15, 0.2) is 46.1 Å². The molecule has 262 valence electrons. The fourth-order valence-corrected chi connectivity index (χ4v) is 5.05. The minimum Gasteiger partial charge on any atom is -0.467 e. The van der Waals surface area contributed by atoms with Crippen molar-refractivity contribution < 1.29 is 57.1 Å².